The average molecular weight is 332 g/mol. The molecule has 2 rings (SSSR count). The first kappa shape index (κ1) is 13.8. The third-order valence-corrected chi connectivity index (χ3v) is 3.33. The van der Waals surface area contributed by atoms with Gasteiger partial charge in [-0.2, -0.15) is 13.2 Å². The Morgan fingerprint density at radius 1 is 1.16 bits per heavy atom. The minimum Gasteiger partial charge on any atom is -0.325 e. The highest BCUT2D eigenvalue weighted by Gasteiger charge is 2.30. The SMILES string of the molecule is Cc1c(Br)ccnc1Nc1cc(C(F)(F)F)ccn1. The minimum absolute atomic E-state index is 0.100. The van der Waals surface area contributed by atoms with Gasteiger partial charge in [0.2, 0.25) is 0 Å². The van der Waals surface area contributed by atoms with Crippen LogP contribution in [0.1, 0.15) is 11.1 Å². The molecule has 0 saturated heterocycles. The van der Waals surface area contributed by atoms with Crippen molar-refractivity contribution in [2.45, 2.75) is 13.1 Å². The molecule has 0 aliphatic carbocycles. The number of aromatic nitrogens is 2. The van der Waals surface area contributed by atoms with E-state index in [1.165, 1.54) is 0 Å². The summed E-state index contributed by atoms with van der Waals surface area (Å²) in [5, 5.41) is 2.77. The molecular formula is C12H9BrF3N3. The molecule has 0 amide bonds. The van der Waals surface area contributed by atoms with Crippen LogP contribution in [0.3, 0.4) is 0 Å². The summed E-state index contributed by atoms with van der Waals surface area (Å²) in [5.41, 5.74) is 0.0411. The molecule has 0 radical (unpaired) electrons. The average Bonchev–Trinajstić information content (AvgIpc) is 2.34. The zero-order valence-corrected chi connectivity index (χ0v) is 11.4. The lowest BCUT2D eigenvalue weighted by molar-refractivity contribution is -0.137. The number of pyridine rings is 2. The largest absolute Gasteiger partial charge is 0.416 e. The molecule has 0 saturated carbocycles. The summed E-state index contributed by atoms with van der Waals surface area (Å²) in [5.74, 6) is 0.560. The van der Waals surface area contributed by atoms with Gasteiger partial charge in [-0.3, -0.25) is 0 Å². The van der Waals surface area contributed by atoms with E-state index >= 15 is 0 Å². The number of anilines is 2. The van der Waals surface area contributed by atoms with Crippen molar-refractivity contribution in [1.82, 2.24) is 9.97 Å². The predicted molar refractivity (Wildman–Crippen MR) is 69.2 cm³/mol. The molecule has 2 aromatic rings. The Bertz CT molecular complexity index is 599. The molecule has 0 atom stereocenters. The molecule has 0 unspecified atom stereocenters. The van der Waals surface area contributed by atoms with E-state index in [0.29, 0.717) is 5.82 Å². The number of hydrogen-bond acceptors (Lipinski definition) is 3. The molecule has 100 valence electrons. The normalized spacial score (nSPS) is 11.4. The van der Waals surface area contributed by atoms with Crippen molar-refractivity contribution in [2.75, 3.05) is 5.32 Å². The maximum atomic E-state index is 12.6. The van der Waals surface area contributed by atoms with Crippen LogP contribution >= 0.6 is 15.9 Å². The minimum atomic E-state index is -4.39. The number of alkyl halides is 3. The van der Waals surface area contributed by atoms with Crippen molar-refractivity contribution in [3.05, 3.63) is 46.2 Å². The lowest BCUT2D eigenvalue weighted by atomic mass is 10.2. The zero-order chi connectivity index (χ0) is 14.0. The summed E-state index contributed by atoms with van der Waals surface area (Å²) in [6.07, 6.45) is -1.73. The van der Waals surface area contributed by atoms with Gasteiger partial charge >= 0.3 is 6.18 Å². The summed E-state index contributed by atoms with van der Waals surface area (Å²) < 4.78 is 38.5. The van der Waals surface area contributed by atoms with Gasteiger partial charge in [0.05, 0.1) is 5.56 Å². The Morgan fingerprint density at radius 2 is 1.84 bits per heavy atom. The fourth-order valence-electron chi connectivity index (χ4n) is 1.43. The molecule has 19 heavy (non-hydrogen) atoms. The van der Waals surface area contributed by atoms with Crippen LogP contribution in [0.15, 0.2) is 35.1 Å². The number of hydrogen-bond donors (Lipinski definition) is 1. The summed E-state index contributed by atoms with van der Waals surface area (Å²) in [6.45, 7) is 1.80. The Kier molecular flexibility index (Phi) is 3.75. The molecule has 0 spiro atoms. The lowest BCUT2D eigenvalue weighted by Crippen LogP contribution is -2.06. The van der Waals surface area contributed by atoms with Crippen LogP contribution in [0, 0.1) is 6.92 Å². The highest BCUT2D eigenvalue weighted by molar-refractivity contribution is 9.10. The molecule has 0 fully saturated rings. The standard InChI is InChI=1S/C12H9BrF3N3/c1-7-9(13)3-5-18-11(7)19-10-6-8(2-4-17-10)12(14,15)16/h2-6H,1H3,(H,17,18,19). The maximum absolute atomic E-state index is 12.6. The molecule has 3 nitrogen and oxygen atoms in total. The summed E-state index contributed by atoms with van der Waals surface area (Å²) >= 11 is 3.33. The number of nitrogens with one attached hydrogen (secondary N) is 1. The van der Waals surface area contributed by atoms with E-state index in [2.05, 4.69) is 31.2 Å². The Labute approximate surface area is 116 Å². The fraction of sp³-hybridized carbons (Fsp3) is 0.167. The van der Waals surface area contributed by atoms with Gasteiger partial charge in [0.25, 0.3) is 0 Å². The van der Waals surface area contributed by atoms with Gasteiger partial charge < -0.3 is 5.32 Å². The third kappa shape index (κ3) is 3.23. The van der Waals surface area contributed by atoms with Crippen LogP contribution in [0.2, 0.25) is 0 Å². The van der Waals surface area contributed by atoms with E-state index in [0.717, 1.165) is 28.4 Å². The van der Waals surface area contributed by atoms with Crippen molar-refractivity contribution < 1.29 is 13.2 Å². The second-order valence-electron chi connectivity index (χ2n) is 3.82. The van der Waals surface area contributed by atoms with Crippen molar-refractivity contribution in [2.24, 2.45) is 0 Å². The lowest BCUT2D eigenvalue weighted by Gasteiger charge is -2.11. The molecular weight excluding hydrogens is 323 g/mol. The van der Waals surface area contributed by atoms with Crippen LogP contribution in [0.4, 0.5) is 24.8 Å². The van der Waals surface area contributed by atoms with Gasteiger partial charge in [-0.15, -0.1) is 0 Å². The van der Waals surface area contributed by atoms with Crippen molar-refractivity contribution in [1.29, 1.82) is 0 Å². The van der Waals surface area contributed by atoms with Crippen molar-refractivity contribution in [3.8, 4) is 0 Å². The van der Waals surface area contributed by atoms with E-state index in [1.807, 2.05) is 0 Å². The molecule has 2 heterocycles. The quantitative estimate of drug-likeness (QED) is 0.891. The van der Waals surface area contributed by atoms with Gasteiger partial charge in [-0.1, -0.05) is 15.9 Å². The van der Waals surface area contributed by atoms with Crippen molar-refractivity contribution >= 4 is 27.6 Å². The molecule has 2 aromatic heterocycles. The Morgan fingerprint density at radius 3 is 2.53 bits per heavy atom. The molecule has 0 aliphatic heterocycles. The van der Waals surface area contributed by atoms with E-state index in [4.69, 9.17) is 0 Å². The zero-order valence-electron chi connectivity index (χ0n) is 9.79. The first-order valence-electron chi connectivity index (χ1n) is 5.29. The molecule has 0 bridgehead atoms. The first-order chi connectivity index (χ1) is 8.88. The second-order valence-corrected chi connectivity index (χ2v) is 4.67. The Balaban J connectivity index is 2.31. The molecule has 1 N–H and O–H groups in total. The highest BCUT2D eigenvalue weighted by Crippen LogP contribution is 2.31. The first-order valence-corrected chi connectivity index (χ1v) is 6.08. The van der Waals surface area contributed by atoms with Gasteiger partial charge in [0.15, 0.2) is 0 Å². The summed E-state index contributed by atoms with van der Waals surface area (Å²) in [7, 11) is 0. The molecule has 0 aromatic carbocycles. The smallest absolute Gasteiger partial charge is 0.325 e. The van der Waals surface area contributed by atoms with Crippen LogP contribution in [0.5, 0.6) is 0 Å². The van der Waals surface area contributed by atoms with Crippen molar-refractivity contribution in [3.63, 3.8) is 0 Å². The van der Waals surface area contributed by atoms with Gasteiger partial charge in [0.1, 0.15) is 11.6 Å². The highest BCUT2D eigenvalue weighted by atomic mass is 79.9. The van der Waals surface area contributed by atoms with Crippen LogP contribution in [-0.4, -0.2) is 9.97 Å². The van der Waals surface area contributed by atoms with E-state index < -0.39 is 11.7 Å². The molecule has 0 aliphatic rings. The Hall–Kier alpha value is -1.63. The number of nitrogens with zero attached hydrogens (tertiary/aromatic N) is 2. The summed E-state index contributed by atoms with van der Waals surface area (Å²) in [6, 6.07) is 3.62. The monoisotopic (exact) mass is 331 g/mol. The van der Waals surface area contributed by atoms with E-state index in [-0.39, 0.29) is 5.82 Å². The van der Waals surface area contributed by atoms with Gasteiger partial charge in [-0.05, 0) is 25.1 Å². The topological polar surface area (TPSA) is 37.8 Å². The molecule has 7 heteroatoms. The fourth-order valence-corrected chi connectivity index (χ4v) is 1.74. The van der Waals surface area contributed by atoms with Crippen LogP contribution < -0.4 is 5.32 Å². The summed E-state index contributed by atoms with van der Waals surface area (Å²) in [4.78, 5) is 7.92. The second kappa shape index (κ2) is 5.16. The van der Waals surface area contributed by atoms with E-state index in [9.17, 15) is 13.2 Å². The number of rotatable bonds is 2. The van der Waals surface area contributed by atoms with Crippen LogP contribution in [-0.2, 0) is 6.18 Å². The third-order valence-electron chi connectivity index (χ3n) is 2.47. The van der Waals surface area contributed by atoms with Gasteiger partial charge in [0, 0.05) is 22.4 Å². The van der Waals surface area contributed by atoms with Crippen LogP contribution in [0.25, 0.3) is 0 Å². The van der Waals surface area contributed by atoms with E-state index in [1.54, 1.807) is 19.2 Å². The maximum Gasteiger partial charge on any atom is 0.416 e. The number of halogens is 4. The van der Waals surface area contributed by atoms with Gasteiger partial charge in [-0.25, -0.2) is 9.97 Å². The predicted octanol–water partition coefficient (Wildman–Crippen LogP) is 4.31.